The minimum atomic E-state index is -0.465. The molecular weight excluding hydrogens is 240 g/mol. The fourth-order valence-corrected chi connectivity index (χ4v) is 1.49. The first kappa shape index (κ1) is 12.9. The molecule has 0 amide bonds. The van der Waals surface area contributed by atoms with Gasteiger partial charge in [-0.25, -0.2) is 4.79 Å². The van der Waals surface area contributed by atoms with Crippen LogP contribution in [0.1, 0.15) is 5.56 Å². The SMILES string of the molecule is C=CC(=O)Oc1ccc(COc2ccccc2)cc1. The van der Waals surface area contributed by atoms with Crippen molar-refractivity contribution in [1.82, 2.24) is 0 Å². The van der Waals surface area contributed by atoms with Crippen LogP contribution in [0.25, 0.3) is 0 Å². The predicted octanol–water partition coefficient (Wildman–Crippen LogP) is 3.36. The molecule has 2 aromatic rings. The van der Waals surface area contributed by atoms with Gasteiger partial charge in [0.2, 0.25) is 0 Å². The van der Waals surface area contributed by atoms with Crippen LogP contribution in [0.4, 0.5) is 0 Å². The lowest BCUT2D eigenvalue weighted by atomic mass is 10.2. The van der Waals surface area contributed by atoms with E-state index in [1.54, 1.807) is 12.1 Å². The first-order valence-corrected chi connectivity index (χ1v) is 5.89. The standard InChI is InChI=1S/C16H14O3/c1-2-16(17)19-15-10-8-13(9-11-15)12-18-14-6-4-3-5-7-14/h2-11H,1,12H2. The number of benzene rings is 2. The minimum Gasteiger partial charge on any atom is -0.489 e. The zero-order valence-corrected chi connectivity index (χ0v) is 10.4. The number of carbonyl (C=O) groups is 1. The third-order valence-corrected chi connectivity index (χ3v) is 2.46. The van der Waals surface area contributed by atoms with Crippen LogP contribution in [0, 0.1) is 0 Å². The number of rotatable bonds is 5. The zero-order valence-electron chi connectivity index (χ0n) is 10.4. The van der Waals surface area contributed by atoms with Crippen LogP contribution in [-0.2, 0) is 11.4 Å². The van der Waals surface area contributed by atoms with Gasteiger partial charge < -0.3 is 9.47 Å². The van der Waals surface area contributed by atoms with Crippen molar-refractivity contribution < 1.29 is 14.3 Å². The van der Waals surface area contributed by atoms with Crippen LogP contribution in [0.2, 0.25) is 0 Å². The molecular formula is C16H14O3. The first-order valence-electron chi connectivity index (χ1n) is 5.89. The molecule has 96 valence electrons. The summed E-state index contributed by atoms with van der Waals surface area (Å²) in [6.07, 6.45) is 1.13. The molecule has 0 aliphatic rings. The summed E-state index contributed by atoms with van der Waals surface area (Å²) in [5.41, 5.74) is 1.00. The Morgan fingerprint density at radius 2 is 1.68 bits per heavy atom. The number of hydrogen-bond donors (Lipinski definition) is 0. The summed E-state index contributed by atoms with van der Waals surface area (Å²) < 4.78 is 10.6. The Labute approximate surface area is 112 Å². The van der Waals surface area contributed by atoms with Gasteiger partial charge in [0.05, 0.1) is 0 Å². The summed E-state index contributed by atoms with van der Waals surface area (Å²) in [4.78, 5) is 11.0. The van der Waals surface area contributed by atoms with E-state index in [0.717, 1.165) is 17.4 Å². The summed E-state index contributed by atoms with van der Waals surface area (Å²) in [6, 6.07) is 16.8. The van der Waals surface area contributed by atoms with E-state index in [1.807, 2.05) is 42.5 Å². The van der Waals surface area contributed by atoms with Crippen molar-refractivity contribution in [1.29, 1.82) is 0 Å². The van der Waals surface area contributed by atoms with Crippen molar-refractivity contribution in [2.45, 2.75) is 6.61 Å². The van der Waals surface area contributed by atoms with E-state index in [9.17, 15) is 4.79 Å². The number of carbonyl (C=O) groups excluding carboxylic acids is 1. The molecule has 0 aromatic heterocycles. The van der Waals surface area contributed by atoms with Crippen molar-refractivity contribution in [3.05, 3.63) is 72.8 Å². The fraction of sp³-hybridized carbons (Fsp3) is 0.0625. The van der Waals surface area contributed by atoms with E-state index >= 15 is 0 Å². The molecule has 19 heavy (non-hydrogen) atoms. The van der Waals surface area contributed by atoms with Crippen molar-refractivity contribution in [3.8, 4) is 11.5 Å². The highest BCUT2D eigenvalue weighted by molar-refractivity contribution is 5.83. The first-order chi connectivity index (χ1) is 9.28. The Morgan fingerprint density at radius 1 is 1.00 bits per heavy atom. The molecule has 0 radical (unpaired) electrons. The van der Waals surface area contributed by atoms with E-state index in [1.165, 1.54) is 0 Å². The summed E-state index contributed by atoms with van der Waals surface area (Å²) in [6.45, 7) is 3.81. The minimum absolute atomic E-state index is 0.465. The lowest BCUT2D eigenvalue weighted by molar-refractivity contribution is -0.128. The summed E-state index contributed by atoms with van der Waals surface area (Å²) >= 11 is 0. The maximum absolute atomic E-state index is 11.0. The van der Waals surface area contributed by atoms with Crippen LogP contribution in [0.5, 0.6) is 11.5 Å². The Bertz CT molecular complexity index is 544. The second-order valence-corrected chi connectivity index (χ2v) is 3.87. The quantitative estimate of drug-likeness (QED) is 0.466. The van der Waals surface area contributed by atoms with Crippen molar-refractivity contribution in [3.63, 3.8) is 0 Å². The molecule has 0 fully saturated rings. The van der Waals surface area contributed by atoms with Crippen LogP contribution >= 0.6 is 0 Å². The van der Waals surface area contributed by atoms with Gasteiger partial charge in [-0.05, 0) is 29.8 Å². The van der Waals surface area contributed by atoms with Gasteiger partial charge >= 0.3 is 5.97 Å². The van der Waals surface area contributed by atoms with Crippen molar-refractivity contribution >= 4 is 5.97 Å². The number of ether oxygens (including phenoxy) is 2. The van der Waals surface area contributed by atoms with Crippen LogP contribution in [0.15, 0.2) is 67.3 Å². The van der Waals surface area contributed by atoms with Gasteiger partial charge in [0.15, 0.2) is 0 Å². The Hall–Kier alpha value is -2.55. The number of hydrogen-bond acceptors (Lipinski definition) is 3. The Balaban J connectivity index is 1.92. The zero-order chi connectivity index (χ0) is 13.5. The highest BCUT2D eigenvalue weighted by atomic mass is 16.5. The van der Waals surface area contributed by atoms with Gasteiger partial charge in [-0.2, -0.15) is 0 Å². The number of esters is 1. The van der Waals surface area contributed by atoms with Crippen LogP contribution in [0.3, 0.4) is 0 Å². The second-order valence-electron chi connectivity index (χ2n) is 3.87. The molecule has 2 rings (SSSR count). The third kappa shape index (κ3) is 4.00. The van der Waals surface area contributed by atoms with Gasteiger partial charge in [-0.3, -0.25) is 0 Å². The topological polar surface area (TPSA) is 35.5 Å². The van der Waals surface area contributed by atoms with Crippen molar-refractivity contribution in [2.24, 2.45) is 0 Å². The largest absolute Gasteiger partial charge is 0.489 e. The highest BCUT2D eigenvalue weighted by Gasteiger charge is 2.00. The molecule has 0 bridgehead atoms. The third-order valence-electron chi connectivity index (χ3n) is 2.46. The molecule has 3 nitrogen and oxygen atoms in total. The van der Waals surface area contributed by atoms with E-state index in [0.29, 0.717) is 12.4 Å². The van der Waals surface area contributed by atoms with Crippen LogP contribution in [-0.4, -0.2) is 5.97 Å². The van der Waals surface area contributed by atoms with Crippen molar-refractivity contribution in [2.75, 3.05) is 0 Å². The van der Waals surface area contributed by atoms with Crippen LogP contribution < -0.4 is 9.47 Å². The average molecular weight is 254 g/mol. The lowest BCUT2D eigenvalue weighted by Gasteiger charge is -2.07. The molecule has 0 saturated carbocycles. The average Bonchev–Trinajstić information content (AvgIpc) is 2.47. The monoisotopic (exact) mass is 254 g/mol. The van der Waals surface area contributed by atoms with Gasteiger partial charge in [0.1, 0.15) is 18.1 Å². The van der Waals surface area contributed by atoms with Gasteiger partial charge in [0.25, 0.3) is 0 Å². The second kappa shape index (κ2) is 6.40. The van der Waals surface area contributed by atoms with Gasteiger partial charge in [-0.1, -0.05) is 36.9 Å². The van der Waals surface area contributed by atoms with E-state index in [-0.39, 0.29) is 0 Å². The molecule has 0 spiro atoms. The Kier molecular flexibility index (Phi) is 4.34. The fourth-order valence-electron chi connectivity index (χ4n) is 1.49. The molecule has 0 atom stereocenters. The normalized spacial score (nSPS) is 9.68. The molecule has 2 aromatic carbocycles. The Morgan fingerprint density at radius 3 is 2.32 bits per heavy atom. The molecule has 0 N–H and O–H groups in total. The summed E-state index contributed by atoms with van der Waals surface area (Å²) in [5.74, 6) is 0.853. The summed E-state index contributed by atoms with van der Waals surface area (Å²) in [7, 11) is 0. The van der Waals surface area contributed by atoms with Gasteiger partial charge in [0, 0.05) is 6.08 Å². The summed E-state index contributed by atoms with van der Waals surface area (Å²) in [5, 5.41) is 0. The molecule has 0 aliphatic heterocycles. The maximum Gasteiger partial charge on any atom is 0.335 e. The van der Waals surface area contributed by atoms with E-state index in [4.69, 9.17) is 9.47 Å². The van der Waals surface area contributed by atoms with Gasteiger partial charge in [-0.15, -0.1) is 0 Å². The molecule has 0 aliphatic carbocycles. The number of para-hydroxylation sites is 1. The lowest BCUT2D eigenvalue weighted by Crippen LogP contribution is -2.03. The maximum atomic E-state index is 11.0. The van der Waals surface area contributed by atoms with E-state index < -0.39 is 5.97 Å². The molecule has 0 saturated heterocycles. The predicted molar refractivity (Wildman–Crippen MR) is 73.0 cm³/mol. The smallest absolute Gasteiger partial charge is 0.335 e. The van der Waals surface area contributed by atoms with E-state index in [2.05, 4.69) is 6.58 Å². The molecule has 0 heterocycles. The highest BCUT2D eigenvalue weighted by Crippen LogP contribution is 2.15. The molecule has 3 heteroatoms. The molecule has 0 unspecified atom stereocenters.